The lowest BCUT2D eigenvalue weighted by Gasteiger charge is -2.19. The van der Waals surface area contributed by atoms with Crippen molar-refractivity contribution < 1.29 is 13.2 Å². The number of hydrogen-bond acceptors (Lipinski definition) is 7. The highest BCUT2D eigenvalue weighted by molar-refractivity contribution is 7.89. The van der Waals surface area contributed by atoms with E-state index in [4.69, 9.17) is 5.26 Å². The van der Waals surface area contributed by atoms with Gasteiger partial charge in [-0.15, -0.1) is 11.3 Å². The Labute approximate surface area is 144 Å². The van der Waals surface area contributed by atoms with E-state index < -0.39 is 15.9 Å². The number of nitrogens with zero attached hydrogens (tertiary/aromatic N) is 3. The average Bonchev–Trinajstić information content (AvgIpc) is 2.89. The van der Waals surface area contributed by atoms with Crippen LogP contribution in [0.5, 0.6) is 0 Å². The van der Waals surface area contributed by atoms with Crippen molar-refractivity contribution in [3.63, 3.8) is 0 Å². The van der Waals surface area contributed by atoms with E-state index >= 15 is 0 Å². The predicted octanol–water partition coefficient (Wildman–Crippen LogP) is 2.17. The first-order valence-corrected chi connectivity index (χ1v) is 9.73. The second kappa shape index (κ2) is 6.98. The van der Waals surface area contributed by atoms with E-state index in [2.05, 4.69) is 11.1 Å². The van der Waals surface area contributed by atoms with Gasteiger partial charge in [-0.1, -0.05) is 0 Å². The Morgan fingerprint density at radius 2 is 2.00 bits per heavy atom. The number of hydrogen-bond donors (Lipinski definition) is 1. The van der Waals surface area contributed by atoms with Crippen molar-refractivity contribution in [2.24, 2.45) is 0 Å². The van der Waals surface area contributed by atoms with Crippen molar-refractivity contribution in [3.05, 3.63) is 40.4 Å². The molecule has 0 unspecified atom stereocenters. The maximum Gasteiger partial charge on any atom is 0.284 e. The largest absolute Gasteiger partial charge is 0.318 e. The van der Waals surface area contributed by atoms with Crippen molar-refractivity contribution in [2.45, 2.75) is 13.8 Å². The molecule has 0 saturated heterocycles. The molecule has 9 heteroatoms. The molecule has 126 valence electrons. The summed E-state index contributed by atoms with van der Waals surface area (Å²) >= 11 is 1.30. The van der Waals surface area contributed by atoms with E-state index in [1.165, 1.54) is 11.3 Å². The number of nitrogens with one attached hydrogen (secondary N) is 1. The molecule has 0 aliphatic rings. The zero-order valence-corrected chi connectivity index (χ0v) is 15.0. The Bertz CT molecular complexity index is 896. The third-order valence-electron chi connectivity index (χ3n) is 3.13. The number of carbonyl (C=O) groups is 1. The topological polar surface area (TPSA) is 103 Å². The van der Waals surface area contributed by atoms with Gasteiger partial charge in [0.05, 0.1) is 17.9 Å². The first kappa shape index (κ1) is 17.9. The molecule has 2 rings (SSSR count). The Hall–Kier alpha value is -2.44. The lowest BCUT2D eigenvalue weighted by Crippen LogP contribution is -2.30. The second-order valence-corrected chi connectivity index (χ2v) is 7.94. The van der Waals surface area contributed by atoms with Crippen LogP contribution in [0.4, 0.5) is 10.8 Å². The standard InChI is InChI=1S/C15H16N4O3S2/c1-4-19(12-7-5-11(9-16)6-8-12)15-17-13(10(2)23-15)14(20)18-24(3,21)22/h5-8H,4H2,1-3H3,(H,18,20). The summed E-state index contributed by atoms with van der Waals surface area (Å²) in [7, 11) is -3.64. The van der Waals surface area contributed by atoms with Gasteiger partial charge in [-0.25, -0.2) is 18.1 Å². The molecule has 0 radical (unpaired) electrons. The number of rotatable bonds is 5. The Morgan fingerprint density at radius 1 is 1.38 bits per heavy atom. The van der Waals surface area contributed by atoms with Crippen molar-refractivity contribution >= 4 is 38.1 Å². The molecule has 0 aliphatic heterocycles. The fourth-order valence-corrected chi connectivity index (χ4v) is 3.49. The summed E-state index contributed by atoms with van der Waals surface area (Å²) in [6.45, 7) is 4.25. The lowest BCUT2D eigenvalue weighted by atomic mass is 10.2. The van der Waals surface area contributed by atoms with Crippen molar-refractivity contribution in [3.8, 4) is 6.07 Å². The summed E-state index contributed by atoms with van der Waals surface area (Å²) in [5.41, 5.74) is 1.48. The quantitative estimate of drug-likeness (QED) is 0.872. The Kier molecular flexibility index (Phi) is 5.21. The highest BCUT2D eigenvalue weighted by Crippen LogP contribution is 2.31. The number of benzene rings is 1. The number of carbonyl (C=O) groups excluding carboxylic acids is 1. The number of sulfonamides is 1. The first-order valence-electron chi connectivity index (χ1n) is 7.02. The van der Waals surface area contributed by atoms with Crippen molar-refractivity contribution in [1.82, 2.24) is 9.71 Å². The van der Waals surface area contributed by atoms with E-state index in [1.54, 1.807) is 31.2 Å². The predicted molar refractivity (Wildman–Crippen MR) is 93.0 cm³/mol. The van der Waals surface area contributed by atoms with Crippen LogP contribution < -0.4 is 9.62 Å². The van der Waals surface area contributed by atoms with Gasteiger partial charge in [-0.2, -0.15) is 5.26 Å². The van der Waals surface area contributed by atoms with Gasteiger partial charge in [-0.05, 0) is 38.1 Å². The highest BCUT2D eigenvalue weighted by atomic mass is 32.2. The molecule has 1 aromatic carbocycles. The van der Waals surface area contributed by atoms with Crippen molar-refractivity contribution in [2.75, 3.05) is 17.7 Å². The van der Waals surface area contributed by atoms with Crippen LogP contribution in [0.1, 0.15) is 27.9 Å². The fraction of sp³-hybridized carbons (Fsp3) is 0.267. The molecule has 7 nitrogen and oxygen atoms in total. The summed E-state index contributed by atoms with van der Waals surface area (Å²) in [6, 6.07) is 9.07. The SMILES string of the molecule is CCN(c1ccc(C#N)cc1)c1nc(C(=O)NS(C)(=O)=O)c(C)s1. The summed E-state index contributed by atoms with van der Waals surface area (Å²) in [5.74, 6) is -0.742. The maximum absolute atomic E-state index is 12.0. The summed E-state index contributed by atoms with van der Waals surface area (Å²) in [4.78, 5) is 18.8. The molecule has 1 heterocycles. The van der Waals surface area contributed by atoms with E-state index in [-0.39, 0.29) is 5.69 Å². The van der Waals surface area contributed by atoms with Crippen LogP contribution in [0.2, 0.25) is 0 Å². The number of aryl methyl sites for hydroxylation is 1. The maximum atomic E-state index is 12.0. The van der Waals surface area contributed by atoms with Gasteiger partial charge >= 0.3 is 0 Å². The molecule has 0 aliphatic carbocycles. The van der Waals surface area contributed by atoms with Gasteiger partial charge in [0.2, 0.25) is 10.0 Å². The van der Waals surface area contributed by atoms with Gasteiger partial charge in [-0.3, -0.25) is 4.79 Å². The van der Waals surface area contributed by atoms with Crippen LogP contribution in [0.25, 0.3) is 0 Å². The molecule has 24 heavy (non-hydrogen) atoms. The minimum absolute atomic E-state index is 0.0903. The van der Waals surface area contributed by atoms with Crippen LogP contribution in [0.15, 0.2) is 24.3 Å². The molecular weight excluding hydrogens is 348 g/mol. The third kappa shape index (κ3) is 4.10. The molecule has 1 aromatic heterocycles. The third-order valence-corrected chi connectivity index (χ3v) is 4.68. The second-order valence-electron chi connectivity index (χ2n) is 5.01. The molecule has 1 amide bonds. The van der Waals surface area contributed by atoms with Gasteiger partial charge in [0.15, 0.2) is 5.13 Å². The minimum atomic E-state index is -3.64. The average molecular weight is 364 g/mol. The summed E-state index contributed by atoms with van der Waals surface area (Å²) in [6.07, 6.45) is 0.919. The Morgan fingerprint density at radius 3 is 2.50 bits per heavy atom. The number of nitriles is 1. The minimum Gasteiger partial charge on any atom is -0.318 e. The van der Waals surface area contributed by atoms with Crippen LogP contribution >= 0.6 is 11.3 Å². The van der Waals surface area contributed by atoms with Gasteiger partial charge in [0.1, 0.15) is 5.69 Å². The monoisotopic (exact) mass is 364 g/mol. The van der Waals surface area contributed by atoms with Crippen LogP contribution in [-0.4, -0.2) is 32.1 Å². The van der Waals surface area contributed by atoms with Crippen LogP contribution in [-0.2, 0) is 10.0 Å². The molecule has 1 N–H and O–H groups in total. The van der Waals surface area contributed by atoms with Gasteiger partial charge in [0.25, 0.3) is 5.91 Å². The van der Waals surface area contributed by atoms with E-state index in [0.717, 1.165) is 11.9 Å². The van der Waals surface area contributed by atoms with E-state index in [1.807, 2.05) is 16.5 Å². The summed E-state index contributed by atoms with van der Waals surface area (Å²) in [5, 5.41) is 9.45. The normalized spacial score (nSPS) is 10.9. The molecule has 0 fully saturated rings. The molecule has 0 atom stereocenters. The zero-order chi connectivity index (χ0) is 17.9. The number of aromatic nitrogens is 1. The van der Waals surface area contributed by atoms with E-state index in [0.29, 0.717) is 22.1 Å². The molecule has 0 bridgehead atoms. The zero-order valence-electron chi connectivity index (χ0n) is 13.4. The Balaban J connectivity index is 2.35. The number of thiazole rings is 1. The van der Waals surface area contributed by atoms with Gasteiger partial charge in [0, 0.05) is 17.1 Å². The smallest absolute Gasteiger partial charge is 0.284 e. The summed E-state index contributed by atoms with van der Waals surface area (Å²) < 4.78 is 24.3. The number of anilines is 2. The van der Waals surface area contributed by atoms with Crippen molar-refractivity contribution in [1.29, 1.82) is 5.26 Å². The highest BCUT2D eigenvalue weighted by Gasteiger charge is 2.21. The molecule has 0 spiro atoms. The molecular formula is C15H16N4O3S2. The first-order chi connectivity index (χ1) is 11.2. The van der Waals surface area contributed by atoms with E-state index in [9.17, 15) is 13.2 Å². The van der Waals surface area contributed by atoms with Crippen LogP contribution in [0.3, 0.4) is 0 Å². The fourth-order valence-electron chi connectivity index (χ4n) is 2.07. The number of amides is 1. The molecule has 0 saturated carbocycles. The lowest BCUT2D eigenvalue weighted by molar-refractivity contribution is 0.0977. The van der Waals surface area contributed by atoms with Crippen LogP contribution in [0, 0.1) is 18.3 Å². The van der Waals surface area contributed by atoms with Gasteiger partial charge < -0.3 is 4.90 Å². The molecule has 2 aromatic rings.